The van der Waals surface area contributed by atoms with E-state index in [9.17, 15) is 4.79 Å². The molecule has 5 nitrogen and oxygen atoms in total. The first-order chi connectivity index (χ1) is 15.2. The minimum Gasteiger partial charge on any atom is -0.478 e. The predicted octanol–water partition coefficient (Wildman–Crippen LogP) is 3.86. The van der Waals surface area contributed by atoms with Gasteiger partial charge in [0.25, 0.3) is 5.91 Å². The molecule has 1 amide bonds. The summed E-state index contributed by atoms with van der Waals surface area (Å²) >= 11 is 0. The summed E-state index contributed by atoms with van der Waals surface area (Å²) in [6.07, 6.45) is 6.11. The van der Waals surface area contributed by atoms with Gasteiger partial charge in [0, 0.05) is 32.7 Å². The largest absolute Gasteiger partial charge is 0.478 e. The molecule has 1 atom stereocenters. The zero-order chi connectivity index (χ0) is 21.0. The van der Waals surface area contributed by atoms with Crippen LogP contribution in [0.5, 0.6) is 5.75 Å². The van der Waals surface area contributed by atoms with Crippen molar-refractivity contribution in [3.05, 3.63) is 59.2 Å². The molecule has 2 aromatic carbocycles. The topological polar surface area (TPSA) is 44.8 Å². The van der Waals surface area contributed by atoms with Crippen LogP contribution in [0.3, 0.4) is 0 Å². The number of hydrogen-bond donors (Lipinski definition) is 1. The fraction of sp³-hybridized carbons (Fsp3) is 0.500. The van der Waals surface area contributed by atoms with Crippen molar-refractivity contribution < 1.29 is 9.53 Å². The van der Waals surface area contributed by atoms with E-state index in [4.69, 9.17) is 4.74 Å². The maximum Gasteiger partial charge on any atom is 0.265 e. The van der Waals surface area contributed by atoms with Gasteiger partial charge >= 0.3 is 0 Å². The van der Waals surface area contributed by atoms with Gasteiger partial charge in [-0.2, -0.15) is 0 Å². The van der Waals surface area contributed by atoms with Crippen molar-refractivity contribution in [3.8, 4) is 5.75 Å². The molecule has 2 heterocycles. The summed E-state index contributed by atoms with van der Waals surface area (Å²) < 4.78 is 6.14. The minimum absolute atomic E-state index is 0.0101. The summed E-state index contributed by atoms with van der Waals surface area (Å²) in [5.74, 6) is 0.871. The summed E-state index contributed by atoms with van der Waals surface area (Å²) in [6, 6.07) is 15.0. The Balaban J connectivity index is 1.08. The number of carbonyl (C=O) groups excluding carboxylic acids is 1. The number of carbonyl (C=O) groups is 1. The van der Waals surface area contributed by atoms with Gasteiger partial charge in [0.05, 0.1) is 5.69 Å². The number of ether oxygens (including phenoxy) is 1. The van der Waals surface area contributed by atoms with Crippen molar-refractivity contribution in [3.63, 3.8) is 0 Å². The smallest absolute Gasteiger partial charge is 0.265 e. The lowest BCUT2D eigenvalue weighted by Gasteiger charge is -2.35. The molecule has 5 rings (SSSR count). The quantitative estimate of drug-likeness (QED) is 0.772. The van der Waals surface area contributed by atoms with E-state index in [1.165, 1.54) is 29.5 Å². The van der Waals surface area contributed by atoms with Crippen molar-refractivity contribution >= 4 is 11.6 Å². The van der Waals surface area contributed by atoms with Crippen molar-refractivity contribution in [2.24, 2.45) is 0 Å². The van der Waals surface area contributed by atoms with Crippen molar-refractivity contribution in [2.45, 2.75) is 51.2 Å². The third-order valence-corrected chi connectivity index (χ3v) is 6.92. The Morgan fingerprint density at radius 1 is 0.935 bits per heavy atom. The number of piperazine rings is 1. The minimum atomic E-state index is -0.367. The van der Waals surface area contributed by atoms with Gasteiger partial charge in [-0.15, -0.1) is 0 Å². The van der Waals surface area contributed by atoms with E-state index >= 15 is 0 Å². The van der Waals surface area contributed by atoms with Gasteiger partial charge < -0.3 is 15.0 Å². The van der Waals surface area contributed by atoms with Gasteiger partial charge in [-0.3, -0.25) is 9.69 Å². The zero-order valence-electron chi connectivity index (χ0n) is 18.3. The maximum absolute atomic E-state index is 12.6. The van der Waals surface area contributed by atoms with Crippen LogP contribution in [-0.4, -0.2) is 54.5 Å². The molecule has 0 saturated carbocycles. The van der Waals surface area contributed by atoms with Crippen LogP contribution in [0.15, 0.2) is 42.5 Å². The fourth-order valence-corrected chi connectivity index (χ4v) is 5.08. The molecule has 1 saturated heterocycles. The molecular formula is C26H33N3O2. The molecule has 0 aromatic heterocycles. The number of anilines is 1. The molecule has 0 radical (unpaired) electrons. The predicted molar refractivity (Wildman–Crippen MR) is 124 cm³/mol. The second kappa shape index (κ2) is 9.41. The molecule has 2 aliphatic heterocycles. The number of benzene rings is 2. The lowest BCUT2D eigenvalue weighted by molar-refractivity contribution is -0.123. The standard InChI is InChI=1S/C26H33N3O2/c30-26-24(31-25-18-22-10-5-4-9-21(22)17-23(25)27-26)11-6-12-28-13-15-29(16-14-28)19-20-7-2-1-3-8-20/h1-3,7-8,17-18,24H,4-6,9-16,19H2,(H,27,30). The molecule has 31 heavy (non-hydrogen) atoms. The molecule has 1 aliphatic carbocycles. The van der Waals surface area contributed by atoms with Crippen LogP contribution in [0.25, 0.3) is 0 Å². The van der Waals surface area contributed by atoms with Crippen LogP contribution in [-0.2, 0) is 24.2 Å². The highest BCUT2D eigenvalue weighted by atomic mass is 16.5. The molecule has 3 aliphatic rings. The van der Waals surface area contributed by atoms with Gasteiger partial charge in [0.15, 0.2) is 6.10 Å². The summed E-state index contributed by atoms with van der Waals surface area (Å²) in [4.78, 5) is 17.6. The molecule has 0 bridgehead atoms. The molecule has 0 spiro atoms. The second-order valence-electron chi connectivity index (χ2n) is 9.17. The number of nitrogens with one attached hydrogen (secondary N) is 1. The summed E-state index contributed by atoms with van der Waals surface area (Å²) in [5, 5.41) is 3.09. The number of nitrogens with zero attached hydrogens (tertiary/aromatic N) is 2. The Kier molecular flexibility index (Phi) is 6.23. The lowest BCUT2D eigenvalue weighted by atomic mass is 9.90. The number of amides is 1. The fourth-order valence-electron chi connectivity index (χ4n) is 5.08. The Bertz CT molecular complexity index is 906. The van der Waals surface area contributed by atoms with E-state index in [1.807, 2.05) is 0 Å². The van der Waals surface area contributed by atoms with E-state index in [2.05, 4.69) is 57.6 Å². The van der Waals surface area contributed by atoms with E-state index < -0.39 is 0 Å². The number of aryl methyl sites for hydroxylation is 2. The van der Waals surface area contributed by atoms with Crippen LogP contribution in [0.2, 0.25) is 0 Å². The Morgan fingerprint density at radius 3 is 2.42 bits per heavy atom. The Hall–Kier alpha value is -2.37. The lowest BCUT2D eigenvalue weighted by Crippen LogP contribution is -2.46. The number of hydrogen-bond acceptors (Lipinski definition) is 4. The Labute approximate surface area is 185 Å². The highest BCUT2D eigenvalue weighted by molar-refractivity contribution is 5.97. The number of rotatable bonds is 6. The zero-order valence-corrected chi connectivity index (χ0v) is 18.3. The van der Waals surface area contributed by atoms with Crippen molar-refractivity contribution in [1.29, 1.82) is 0 Å². The molecule has 1 unspecified atom stereocenters. The van der Waals surface area contributed by atoms with Crippen molar-refractivity contribution in [2.75, 3.05) is 38.0 Å². The first-order valence-electron chi connectivity index (χ1n) is 11.9. The SMILES string of the molecule is O=C1Nc2cc3c(cc2OC1CCCN1CCN(Cc2ccccc2)CC1)CCCC3. The van der Waals surface area contributed by atoms with Gasteiger partial charge in [-0.25, -0.2) is 0 Å². The van der Waals surface area contributed by atoms with E-state index in [0.717, 1.165) is 76.4 Å². The average Bonchev–Trinajstić information content (AvgIpc) is 2.80. The van der Waals surface area contributed by atoms with Crippen LogP contribution >= 0.6 is 0 Å². The van der Waals surface area contributed by atoms with Gasteiger partial charge in [-0.1, -0.05) is 30.3 Å². The Morgan fingerprint density at radius 2 is 1.65 bits per heavy atom. The normalized spacial score (nSPS) is 21.7. The van der Waals surface area contributed by atoms with Gasteiger partial charge in [0.2, 0.25) is 0 Å². The molecule has 2 aromatic rings. The van der Waals surface area contributed by atoms with Crippen LogP contribution in [0.1, 0.15) is 42.4 Å². The first kappa shape index (κ1) is 20.5. The molecule has 5 heteroatoms. The first-order valence-corrected chi connectivity index (χ1v) is 11.9. The molecule has 1 fully saturated rings. The molecular weight excluding hydrogens is 386 g/mol. The molecule has 164 valence electrons. The van der Waals surface area contributed by atoms with Crippen LogP contribution in [0, 0.1) is 0 Å². The molecule has 1 N–H and O–H groups in total. The highest BCUT2D eigenvalue weighted by Crippen LogP contribution is 2.36. The third kappa shape index (κ3) is 4.94. The van der Waals surface area contributed by atoms with Crippen LogP contribution in [0.4, 0.5) is 5.69 Å². The second-order valence-corrected chi connectivity index (χ2v) is 9.17. The highest BCUT2D eigenvalue weighted by Gasteiger charge is 2.29. The summed E-state index contributed by atoms with van der Waals surface area (Å²) in [6.45, 7) is 6.47. The van der Waals surface area contributed by atoms with Gasteiger partial charge in [0.1, 0.15) is 5.75 Å². The van der Waals surface area contributed by atoms with Gasteiger partial charge in [-0.05, 0) is 73.9 Å². The summed E-state index contributed by atoms with van der Waals surface area (Å²) in [5.41, 5.74) is 5.02. The maximum atomic E-state index is 12.6. The van der Waals surface area contributed by atoms with Crippen LogP contribution < -0.4 is 10.1 Å². The van der Waals surface area contributed by atoms with E-state index in [0.29, 0.717) is 0 Å². The van der Waals surface area contributed by atoms with E-state index in [-0.39, 0.29) is 12.0 Å². The average molecular weight is 420 g/mol. The monoisotopic (exact) mass is 419 g/mol. The number of fused-ring (bicyclic) bond motifs is 2. The van der Waals surface area contributed by atoms with E-state index in [1.54, 1.807) is 0 Å². The summed E-state index contributed by atoms with van der Waals surface area (Å²) in [7, 11) is 0. The van der Waals surface area contributed by atoms with Crippen molar-refractivity contribution in [1.82, 2.24) is 9.80 Å². The third-order valence-electron chi connectivity index (χ3n) is 6.92.